The molecule has 0 radical (unpaired) electrons. The van der Waals surface area contributed by atoms with Crippen LogP contribution < -0.4 is 9.80 Å². The molecule has 2 aliphatic rings. The van der Waals surface area contributed by atoms with Crippen molar-refractivity contribution >= 4 is 65.6 Å². The monoisotopic (exact) mass is 674 g/mol. The summed E-state index contributed by atoms with van der Waals surface area (Å²) in [6.45, 7) is 2.24. The first kappa shape index (κ1) is 30.2. The predicted octanol–water partition coefficient (Wildman–Crippen LogP) is 13.5. The molecule has 1 atom stereocenters. The Hall–Kier alpha value is -5.64. The van der Waals surface area contributed by atoms with E-state index in [1.807, 2.05) is 11.3 Å². The van der Waals surface area contributed by atoms with Crippen molar-refractivity contribution in [3.63, 3.8) is 0 Å². The highest BCUT2D eigenvalue weighted by molar-refractivity contribution is 7.25. The first-order chi connectivity index (χ1) is 25.2. The molecule has 0 aliphatic heterocycles. The van der Waals surface area contributed by atoms with Crippen LogP contribution in [0.4, 0.5) is 34.1 Å². The second kappa shape index (κ2) is 12.0. The summed E-state index contributed by atoms with van der Waals surface area (Å²) in [5, 5.41) is 2.71. The van der Waals surface area contributed by atoms with Crippen molar-refractivity contribution in [3.8, 4) is 0 Å². The topological polar surface area (TPSA) is 6.48 Å². The minimum atomic E-state index is 0.00270. The summed E-state index contributed by atoms with van der Waals surface area (Å²) in [4.78, 5) is 4.87. The first-order valence-electron chi connectivity index (χ1n) is 18.1. The van der Waals surface area contributed by atoms with Gasteiger partial charge in [0, 0.05) is 59.7 Å². The second-order valence-corrected chi connectivity index (χ2v) is 15.3. The fourth-order valence-electron chi connectivity index (χ4n) is 9.00. The summed E-state index contributed by atoms with van der Waals surface area (Å²) in [6.07, 6.45) is 4.52. The first-order valence-corrected chi connectivity index (χ1v) is 18.9. The highest BCUT2D eigenvalue weighted by Gasteiger charge is 2.45. The van der Waals surface area contributed by atoms with Gasteiger partial charge in [-0.25, -0.2) is 0 Å². The van der Waals surface area contributed by atoms with E-state index in [0.29, 0.717) is 0 Å². The Balaban J connectivity index is 1.11. The number of benzene rings is 7. The molecule has 1 heterocycles. The lowest BCUT2D eigenvalue weighted by atomic mass is 9.76. The molecular formula is C48H38N2S. The van der Waals surface area contributed by atoms with Gasteiger partial charge in [-0.2, -0.15) is 0 Å². The van der Waals surface area contributed by atoms with E-state index >= 15 is 0 Å². The van der Waals surface area contributed by atoms with Gasteiger partial charge >= 0.3 is 0 Å². The normalized spacial score (nSPS) is 16.1. The fraction of sp³-hybridized carbons (Fsp3) is 0.125. The lowest BCUT2D eigenvalue weighted by Gasteiger charge is -2.31. The molecule has 0 unspecified atom stereocenters. The van der Waals surface area contributed by atoms with Gasteiger partial charge in [0.1, 0.15) is 0 Å². The maximum atomic E-state index is 2.53. The van der Waals surface area contributed by atoms with Gasteiger partial charge < -0.3 is 9.80 Å². The Bertz CT molecular complexity index is 2510. The molecule has 0 fully saturated rings. The molecule has 2 nitrogen and oxygen atoms in total. The summed E-state index contributed by atoms with van der Waals surface area (Å²) in [7, 11) is 0. The second-order valence-electron chi connectivity index (χ2n) is 14.2. The summed E-state index contributed by atoms with van der Waals surface area (Å²) < 4.78 is 2.69. The average molecular weight is 675 g/mol. The van der Waals surface area contributed by atoms with Crippen LogP contribution in [0.5, 0.6) is 0 Å². The van der Waals surface area contributed by atoms with E-state index in [1.165, 1.54) is 82.1 Å². The molecule has 8 aromatic rings. The molecule has 7 aromatic carbocycles. The molecule has 2 aliphatic carbocycles. The Labute approximate surface area is 303 Å². The van der Waals surface area contributed by atoms with Crippen LogP contribution in [-0.4, -0.2) is 0 Å². The van der Waals surface area contributed by atoms with Crippen LogP contribution in [0.2, 0.25) is 0 Å². The van der Waals surface area contributed by atoms with Crippen molar-refractivity contribution < 1.29 is 0 Å². The maximum Gasteiger partial charge on any atom is 0.0468 e. The van der Waals surface area contributed by atoms with Crippen LogP contribution in [0.3, 0.4) is 0 Å². The zero-order valence-corrected chi connectivity index (χ0v) is 29.5. The molecule has 0 bridgehead atoms. The third kappa shape index (κ3) is 4.91. The van der Waals surface area contributed by atoms with Gasteiger partial charge in [-0.3, -0.25) is 0 Å². The highest BCUT2D eigenvalue weighted by atomic mass is 32.1. The molecule has 10 rings (SSSR count). The Kier molecular flexibility index (Phi) is 7.11. The van der Waals surface area contributed by atoms with Gasteiger partial charge in [0.25, 0.3) is 0 Å². The number of fused-ring (bicyclic) bond motifs is 7. The number of hydrogen-bond donors (Lipinski definition) is 0. The van der Waals surface area contributed by atoms with Crippen LogP contribution in [0.25, 0.3) is 20.2 Å². The number of anilines is 6. The molecule has 51 heavy (non-hydrogen) atoms. The van der Waals surface area contributed by atoms with E-state index in [2.05, 4.69) is 181 Å². The lowest BCUT2D eigenvalue weighted by molar-refractivity contribution is 0.507. The molecule has 0 N–H and O–H groups in total. The van der Waals surface area contributed by atoms with E-state index in [9.17, 15) is 0 Å². The number of para-hydroxylation sites is 3. The summed E-state index contributed by atoms with van der Waals surface area (Å²) in [5.41, 5.74) is 14.5. The molecule has 3 heteroatoms. The Morgan fingerprint density at radius 1 is 0.451 bits per heavy atom. The van der Waals surface area contributed by atoms with Crippen molar-refractivity contribution in [2.45, 2.75) is 38.0 Å². The standard InChI is InChI=1S/C48H38N2S/c1-33-12-11-19-46-47(33)42-30-39(24-25-45(42)51-46)50(38-17-9-4-10-18-38)41-23-21-35-27-29-48(44(35)32-41)28-26-34-20-22-40(31-43(34)48)49(36-13-5-2-6-14-36)37-15-7-3-8-16-37/h2-25,30-32H,26-29H2,1H3/t48-/m1/s1. The van der Waals surface area contributed by atoms with Gasteiger partial charge in [-0.1, -0.05) is 78.9 Å². The molecule has 0 saturated heterocycles. The minimum absolute atomic E-state index is 0.00270. The van der Waals surface area contributed by atoms with Gasteiger partial charge in [0.05, 0.1) is 0 Å². The zero-order chi connectivity index (χ0) is 33.9. The van der Waals surface area contributed by atoms with Crippen molar-refractivity contribution in [2.75, 3.05) is 9.80 Å². The van der Waals surface area contributed by atoms with E-state index in [4.69, 9.17) is 0 Å². The fourth-order valence-corrected chi connectivity index (χ4v) is 10.2. The number of rotatable bonds is 6. The van der Waals surface area contributed by atoms with Crippen molar-refractivity contribution in [1.82, 2.24) is 0 Å². The molecular weight excluding hydrogens is 637 g/mol. The number of nitrogens with zero attached hydrogens (tertiary/aromatic N) is 2. The number of hydrogen-bond acceptors (Lipinski definition) is 3. The maximum absolute atomic E-state index is 2.53. The zero-order valence-electron chi connectivity index (χ0n) is 28.7. The van der Waals surface area contributed by atoms with Crippen molar-refractivity contribution in [2.24, 2.45) is 0 Å². The average Bonchev–Trinajstić information content (AvgIpc) is 3.87. The van der Waals surface area contributed by atoms with Gasteiger partial charge in [0.15, 0.2) is 0 Å². The van der Waals surface area contributed by atoms with E-state index in [-0.39, 0.29) is 5.41 Å². The largest absolute Gasteiger partial charge is 0.310 e. The SMILES string of the molecule is Cc1cccc2sc3ccc(N(c4ccccc4)c4ccc5c(c4)[C@]4(CCc6ccc(N(c7ccccc7)c7ccccc7)cc64)CC5)cc3c12. The van der Waals surface area contributed by atoms with Crippen LogP contribution in [0.1, 0.15) is 40.7 Å². The molecule has 0 saturated carbocycles. The van der Waals surface area contributed by atoms with Gasteiger partial charge in [-0.15, -0.1) is 11.3 Å². The number of aryl methyl sites for hydroxylation is 3. The van der Waals surface area contributed by atoms with Crippen LogP contribution in [-0.2, 0) is 18.3 Å². The summed E-state index contributed by atoms with van der Waals surface area (Å²) in [5.74, 6) is 0. The van der Waals surface area contributed by atoms with E-state index < -0.39 is 0 Å². The molecule has 0 amide bonds. The third-order valence-electron chi connectivity index (χ3n) is 11.4. The van der Waals surface area contributed by atoms with Gasteiger partial charge in [-0.05, 0) is 145 Å². The highest BCUT2D eigenvalue weighted by Crippen LogP contribution is 2.55. The minimum Gasteiger partial charge on any atom is -0.310 e. The van der Waals surface area contributed by atoms with Crippen LogP contribution in [0.15, 0.2) is 164 Å². The lowest BCUT2D eigenvalue weighted by Crippen LogP contribution is -2.22. The Morgan fingerprint density at radius 2 is 0.941 bits per heavy atom. The smallest absolute Gasteiger partial charge is 0.0468 e. The summed E-state index contributed by atoms with van der Waals surface area (Å²) >= 11 is 1.89. The van der Waals surface area contributed by atoms with Crippen LogP contribution >= 0.6 is 11.3 Å². The van der Waals surface area contributed by atoms with Gasteiger partial charge in [0.2, 0.25) is 0 Å². The quantitative estimate of drug-likeness (QED) is 0.173. The van der Waals surface area contributed by atoms with E-state index in [1.54, 1.807) is 0 Å². The van der Waals surface area contributed by atoms with Crippen molar-refractivity contribution in [1.29, 1.82) is 0 Å². The van der Waals surface area contributed by atoms with E-state index in [0.717, 1.165) is 25.7 Å². The van der Waals surface area contributed by atoms with Crippen molar-refractivity contribution in [3.05, 3.63) is 192 Å². The molecule has 1 aromatic heterocycles. The summed E-state index contributed by atoms with van der Waals surface area (Å²) in [6, 6.07) is 60.7. The molecule has 1 spiro atoms. The predicted molar refractivity (Wildman–Crippen MR) is 217 cm³/mol. The Morgan fingerprint density at radius 3 is 1.49 bits per heavy atom. The van der Waals surface area contributed by atoms with Crippen LogP contribution in [0, 0.1) is 6.92 Å². The molecule has 246 valence electrons. The third-order valence-corrected chi connectivity index (χ3v) is 12.5. The number of thiophene rings is 1.